The molecule has 0 bridgehead atoms. The molecule has 4 rings (SSSR count). The van der Waals surface area contributed by atoms with Crippen molar-refractivity contribution in [2.75, 3.05) is 5.75 Å². The second-order valence-corrected chi connectivity index (χ2v) is 6.46. The highest BCUT2D eigenvalue weighted by Gasteiger charge is 2.34. The number of thioether (sulfide) groups is 1. The number of carbonyl (C=O) groups excluding carboxylic acids is 1. The lowest BCUT2D eigenvalue weighted by Gasteiger charge is -2.33. The minimum absolute atomic E-state index is 0.178. The van der Waals surface area contributed by atoms with Crippen LogP contribution in [0.15, 0.2) is 71.5 Å². The van der Waals surface area contributed by atoms with Crippen molar-refractivity contribution in [3.8, 4) is 0 Å². The Kier molecular flexibility index (Phi) is 4.07. The second kappa shape index (κ2) is 6.52. The molecule has 0 unspecified atom stereocenters. The highest BCUT2D eigenvalue weighted by molar-refractivity contribution is 8.14. The van der Waals surface area contributed by atoms with Gasteiger partial charge in [-0.15, -0.1) is 11.7 Å². The molecule has 0 aliphatic carbocycles. The van der Waals surface area contributed by atoms with Crippen LogP contribution in [-0.2, 0) is 4.79 Å². The Morgan fingerprint density at radius 3 is 2.84 bits per heavy atom. The summed E-state index contributed by atoms with van der Waals surface area (Å²) in [6, 6.07) is 11.4. The zero-order valence-corrected chi connectivity index (χ0v) is 14.1. The van der Waals surface area contributed by atoms with Gasteiger partial charge in [0.25, 0.3) is 5.91 Å². The summed E-state index contributed by atoms with van der Waals surface area (Å²) in [6.07, 6.45) is 4.80. The van der Waals surface area contributed by atoms with Crippen LogP contribution in [0.4, 0.5) is 0 Å². The van der Waals surface area contributed by atoms with Crippen LogP contribution in [0.1, 0.15) is 11.7 Å². The van der Waals surface area contributed by atoms with E-state index in [9.17, 15) is 4.79 Å². The molecule has 0 saturated carbocycles. The lowest BCUT2D eigenvalue weighted by molar-refractivity contribution is -0.116. The Morgan fingerprint density at radius 1 is 1.24 bits per heavy atom. The summed E-state index contributed by atoms with van der Waals surface area (Å²) >= 11 is 1.43. The molecule has 1 aromatic carbocycles. The van der Waals surface area contributed by atoms with Gasteiger partial charge in [0.2, 0.25) is 0 Å². The summed E-state index contributed by atoms with van der Waals surface area (Å²) < 4.78 is 0. The fourth-order valence-corrected chi connectivity index (χ4v) is 3.37. The number of hydrogen-bond acceptors (Lipinski definition) is 6. The van der Waals surface area contributed by atoms with E-state index in [1.807, 2.05) is 36.4 Å². The zero-order chi connectivity index (χ0) is 17.2. The first kappa shape index (κ1) is 15.6. The SMILES string of the molecule is C=CCSC1=NN2C(=c3ccccc3=N[C@@H]2c2ccncc2)C(=O)N1. The number of benzene rings is 1. The van der Waals surface area contributed by atoms with Crippen LogP contribution < -0.4 is 15.9 Å². The number of fused-ring (bicyclic) bond motifs is 2. The van der Waals surface area contributed by atoms with E-state index in [1.165, 1.54) is 11.8 Å². The van der Waals surface area contributed by atoms with Gasteiger partial charge in [0, 0.05) is 28.9 Å². The van der Waals surface area contributed by atoms with Gasteiger partial charge < -0.3 is 0 Å². The van der Waals surface area contributed by atoms with Crippen molar-refractivity contribution in [1.29, 1.82) is 0 Å². The minimum atomic E-state index is -0.404. The standard InChI is InChI=1S/C18H15N5OS/c1-2-11-25-18-21-17(24)15-13-5-3-4-6-14(13)20-16(23(15)22-18)12-7-9-19-10-8-12/h2-10,16H,1,11H2,(H,21,22,24)/t16-/m0/s1. The van der Waals surface area contributed by atoms with Gasteiger partial charge in [-0.3, -0.25) is 20.1 Å². The molecule has 2 aliphatic heterocycles. The van der Waals surface area contributed by atoms with Gasteiger partial charge in [0.15, 0.2) is 11.3 Å². The fraction of sp³-hybridized carbons (Fsp3) is 0.111. The lowest BCUT2D eigenvalue weighted by Crippen LogP contribution is -2.50. The molecule has 2 aromatic rings. The molecule has 2 aliphatic rings. The number of amides is 1. The summed E-state index contributed by atoms with van der Waals surface area (Å²) in [5.74, 6) is 0.485. The van der Waals surface area contributed by atoms with E-state index in [-0.39, 0.29) is 5.91 Å². The lowest BCUT2D eigenvalue weighted by atomic mass is 10.1. The predicted octanol–water partition coefficient (Wildman–Crippen LogP) is 1.14. The molecule has 1 aromatic heterocycles. The Morgan fingerprint density at radius 2 is 2.04 bits per heavy atom. The topological polar surface area (TPSA) is 70.0 Å². The molecule has 3 heterocycles. The third-order valence-electron chi connectivity index (χ3n) is 3.86. The number of nitrogens with one attached hydrogen (secondary N) is 1. The third kappa shape index (κ3) is 2.83. The maximum absolute atomic E-state index is 12.8. The molecule has 25 heavy (non-hydrogen) atoms. The van der Waals surface area contributed by atoms with Crippen LogP contribution in [0.25, 0.3) is 5.70 Å². The predicted molar refractivity (Wildman–Crippen MR) is 97.7 cm³/mol. The molecule has 7 heteroatoms. The number of pyridine rings is 1. The van der Waals surface area contributed by atoms with Crippen molar-refractivity contribution in [2.24, 2.45) is 10.1 Å². The van der Waals surface area contributed by atoms with E-state index >= 15 is 0 Å². The van der Waals surface area contributed by atoms with Gasteiger partial charge in [-0.2, -0.15) is 0 Å². The van der Waals surface area contributed by atoms with Crippen LogP contribution in [0.3, 0.4) is 0 Å². The molecule has 0 spiro atoms. The van der Waals surface area contributed by atoms with Crippen molar-refractivity contribution in [2.45, 2.75) is 6.17 Å². The van der Waals surface area contributed by atoms with Crippen LogP contribution >= 0.6 is 11.8 Å². The Labute approximate surface area is 148 Å². The number of hydrazone groups is 1. The Balaban J connectivity index is 1.91. The van der Waals surface area contributed by atoms with E-state index < -0.39 is 6.17 Å². The van der Waals surface area contributed by atoms with Gasteiger partial charge in [-0.1, -0.05) is 36.0 Å². The maximum atomic E-state index is 12.8. The molecule has 0 fully saturated rings. The van der Waals surface area contributed by atoms with Crippen LogP contribution in [-0.4, -0.2) is 26.8 Å². The van der Waals surface area contributed by atoms with Crippen molar-refractivity contribution in [3.63, 3.8) is 0 Å². The van der Waals surface area contributed by atoms with E-state index in [1.54, 1.807) is 23.5 Å². The monoisotopic (exact) mass is 349 g/mol. The zero-order valence-electron chi connectivity index (χ0n) is 13.3. The first-order valence-electron chi connectivity index (χ1n) is 7.78. The highest BCUT2D eigenvalue weighted by Crippen LogP contribution is 2.30. The first-order chi connectivity index (χ1) is 12.3. The number of carbonyl (C=O) groups is 1. The first-order valence-corrected chi connectivity index (χ1v) is 8.76. The Bertz CT molecular complexity index is 986. The molecule has 1 N–H and O–H groups in total. The normalized spacial score (nSPS) is 18.5. The molecule has 1 amide bonds. The molecule has 1 atom stereocenters. The van der Waals surface area contributed by atoms with Crippen molar-refractivity contribution < 1.29 is 4.79 Å². The highest BCUT2D eigenvalue weighted by atomic mass is 32.2. The number of rotatable bonds is 3. The number of hydrogen-bond donors (Lipinski definition) is 1. The van der Waals surface area contributed by atoms with Crippen molar-refractivity contribution >= 4 is 28.5 Å². The summed E-state index contributed by atoms with van der Waals surface area (Å²) in [4.78, 5) is 21.6. The molecule has 0 radical (unpaired) electrons. The number of aromatic nitrogens is 1. The second-order valence-electron chi connectivity index (χ2n) is 5.45. The number of nitrogens with zero attached hydrogens (tertiary/aromatic N) is 4. The molecule has 0 saturated heterocycles. The van der Waals surface area contributed by atoms with E-state index in [0.717, 1.165) is 16.1 Å². The summed E-state index contributed by atoms with van der Waals surface area (Å²) in [5.41, 5.74) is 1.43. The van der Waals surface area contributed by atoms with E-state index in [0.29, 0.717) is 16.6 Å². The van der Waals surface area contributed by atoms with Crippen molar-refractivity contribution in [1.82, 2.24) is 15.3 Å². The molecular weight excluding hydrogens is 334 g/mol. The average molecular weight is 349 g/mol. The number of para-hydroxylation sites is 1. The minimum Gasteiger partial charge on any atom is -0.298 e. The van der Waals surface area contributed by atoms with E-state index in [4.69, 9.17) is 4.99 Å². The Hall–Kier alpha value is -2.93. The van der Waals surface area contributed by atoms with Crippen LogP contribution in [0, 0.1) is 0 Å². The van der Waals surface area contributed by atoms with Gasteiger partial charge in [-0.25, -0.2) is 5.01 Å². The van der Waals surface area contributed by atoms with Gasteiger partial charge in [0.1, 0.15) is 5.70 Å². The van der Waals surface area contributed by atoms with Gasteiger partial charge in [0.05, 0.1) is 5.36 Å². The van der Waals surface area contributed by atoms with Gasteiger partial charge in [-0.05, 0) is 18.2 Å². The maximum Gasteiger partial charge on any atom is 0.276 e. The molecule has 124 valence electrons. The summed E-state index contributed by atoms with van der Waals surface area (Å²) in [7, 11) is 0. The largest absolute Gasteiger partial charge is 0.298 e. The molecule has 6 nitrogen and oxygen atoms in total. The van der Waals surface area contributed by atoms with E-state index in [2.05, 4.69) is 22.0 Å². The fourth-order valence-electron chi connectivity index (χ4n) is 2.78. The molecular formula is C18H15N5OS. The van der Waals surface area contributed by atoms with Crippen molar-refractivity contribution in [3.05, 3.63) is 77.6 Å². The quantitative estimate of drug-likeness (QED) is 0.844. The van der Waals surface area contributed by atoms with Crippen LogP contribution in [0.2, 0.25) is 0 Å². The summed E-state index contributed by atoms with van der Waals surface area (Å²) in [6.45, 7) is 3.71. The summed E-state index contributed by atoms with van der Waals surface area (Å²) in [5, 5.41) is 11.3. The third-order valence-corrected chi connectivity index (χ3v) is 4.72. The average Bonchev–Trinajstić information content (AvgIpc) is 2.66. The van der Waals surface area contributed by atoms with Crippen LogP contribution in [0.5, 0.6) is 0 Å². The van der Waals surface area contributed by atoms with Gasteiger partial charge >= 0.3 is 0 Å². The smallest absolute Gasteiger partial charge is 0.276 e. The number of amidine groups is 1.